The van der Waals surface area contributed by atoms with Gasteiger partial charge in [0.25, 0.3) is 5.91 Å². The number of carbonyl (C=O) groups is 1. The van der Waals surface area contributed by atoms with Gasteiger partial charge in [0.2, 0.25) is 0 Å². The van der Waals surface area contributed by atoms with E-state index in [0.29, 0.717) is 0 Å². The molecule has 1 heterocycles. The van der Waals surface area contributed by atoms with Gasteiger partial charge in [-0.25, -0.2) is 0 Å². The van der Waals surface area contributed by atoms with Crippen LogP contribution in [-0.4, -0.2) is 34.1 Å². The maximum absolute atomic E-state index is 12.7. The van der Waals surface area contributed by atoms with E-state index in [-0.39, 0.29) is 5.91 Å². The largest absolute Gasteiger partial charge is 0.338 e. The Hall–Kier alpha value is -1.84. The maximum atomic E-state index is 12.7. The quantitative estimate of drug-likeness (QED) is 0.907. The second-order valence-corrected chi connectivity index (χ2v) is 6.27. The van der Waals surface area contributed by atoms with Crippen LogP contribution in [0.15, 0.2) is 24.4 Å². The molecule has 0 bridgehead atoms. The van der Waals surface area contributed by atoms with Gasteiger partial charge >= 0.3 is 0 Å². The molecule has 2 aliphatic rings. The van der Waals surface area contributed by atoms with Crippen LogP contribution in [0, 0.1) is 11.8 Å². The van der Waals surface area contributed by atoms with E-state index in [4.69, 9.17) is 0 Å². The van der Waals surface area contributed by atoms with E-state index in [1.54, 1.807) is 6.20 Å². The average molecular weight is 269 g/mol. The molecule has 0 atom stereocenters. The minimum absolute atomic E-state index is 0.181. The maximum Gasteiger partial charge on any atom is 0.253 e. The van der Waals surface area contributed by atoms with Gasteiger partial charge in [-0.05, 0) is 49.7 Å². The molecule has 4 rings (SSSR count). The Morgan fingerprint density at radius 2 is 1.90 bits per heavy atom. The fourth-order valence-corrected chi connectivity index (χ4v) is 2.72. The Labute approximate surface area is 118 Å². The fraction of sp³-hybridized carbons (Fsp3) is 0.500. The summed E-state index contributed by atoms with van der Waals surface area (Å²) < 4.78 is 0. The van der Waals surface area contributed by atoms with E-state index >= 15 is 0 Å². The SMILES string of the molecule is O=C(c1ccc2cn[nH]c2c1)N(CC1CC1)CC1CC1. The Morgan fingerprint density at radius 3 is 2.55 bits per heavy atom. The van der Waals surface area contributed by atoms with Crippen LogP contribution in [0.4, 0.5) is 0 Å². The van der Waals surface area contributed by atoms with Crippen LogP contribution < -0.4 is 0 Å². The van der Waals surface area contributed by atoms with Gasteiger partial charge in [0.1, 0.15) is 0 Å². The number of nitrogens with zero attached hydrogens (tertiary/aromatic N) is 2. The summed E-state index contributed by atoms with van der Waals surface area (Å²) in [6.07, 6.45) is 6.93. The molecule has 2 fully saturated rings. The highest BCUT2D eigenvalue weighted by Gasteiger charge is 2.31. The van der Waals surface area contributed by atoms with E-state index in [1.807, 2.05) is 18.2 Å². The first-order valence-corrected chi connectivity index (χ1v) is 7.52. The van der Waals surface area contributed by atoms with Crippen LogP contribution in [0.25, 0.3) is 10.9 Å². The summed E-state index contributed by atoms with van der Waals surface area (Å²) >= 11 is 0. The number of benzene rings is 1. The molecular formula is C16H19N3O. The van der Waals surface area contributed by atoms with Crippen LogP contribution in [0.3, 0.4) is 0 Å². The van der Waals surface area contributed by atoms with Crippen molar-refractivity contribution in [3.8, 4) is 0 Å². The highest BCUT2D eigenvalue weighted by atomic mass is 16.2. The third-order valence-electron chi connectivity index (χ3n) is 4.33. The van der Waals surface area contributed by atoms with Gasteiger partial charge in [0, 0.05) is 24.0 Å². The van der Waals surface area contributed by atoms with Gasteiger partial charge in [0.05, 0.1) is 11.7 Å². The lowest BCUT2D eigenvalue weighted by molar-refractivity contribution is 0.0740. The summed E-state index contributed by atoms with van der Waals surface area (Å²) in [5, 5.41) is 8.01. The standard InChI is InChI=1S/C16H19N3O/c20-16(13-5-6-14-8-17-18-15(14)7-13)19(9-11-1-2-11)10-12-3-4-12/h5-8,11-12H,1-4,9-10H2,(H,17,18). The molecule has 2 aliphatic carbocycles. The minimum atomic E-state index is 0.181. The average Bonchev–Trinajstić information content (AvgIpc) is 3.38. The van der Waals surface area contributed by atoms with Crippen LogP contribution in [0.5, 0.6) is 0 Å². The van der Waals surface area contributed by atoms with Crippen LogP contribution in [0.2, 0.25) is 0 Å². The number of rotatable bonds is 5. The number of carbonyl (C=O) groups excluding carboxylic acids is 1. The Balaban J connectivity index is 1.57. The number of aromatic amines is 1. The minimum Gasteiger partial charge on any atom is -0.338 e. The van der Waals surface area contributed by atoms with Crippen molar-refractivity contribution in [1.29, 1.82) is 0 Å². The van der Waals surface area contributed by atoms with Crippen molar-refractivity contribution in [2.45, 2.75) is 25.7 Å². The molecule has 20 heavy (non-hydrogen) atoms. The number of H-pyrrole nitrogens is 1. The summed E-state index contributed by atoms with van der Waals surface area (Å²) in [6.45, 7) is 1.88. The lowest BCUT2D eigenvalue weighted by Gasteiger charge is -2.22. The van der Waals surface area contributed by atoms with Crippen LogP contribution in [0.1, 0.15) is 36.0 Å². The molecule has 1 aromatic heterocycles. The Morgan fingerprint density at radius 1 is 1.20 bits per heavy atom. The summed E-state index contributed by atoms with van der Waals surface area (Å²) in [5.41, 5.74) is 1.72. The molecule has 4 heteroatoms. The lowest BCUT2D eigenvalue weighted by atomic mass is 10.1. The van der Waals surface area contributed by atoms with E-state index < -0.39 is 0 Å². The molecule has 0 aliphatic heterocycles. The number of fused-ring (bicyclic) bond motifs is 1. The zero-order valence-electron chi connectivity index (χ0n) is 11.5. The van der Waals surface area contributed by atoms with Crippen molar-refractivity contribution in [3.63, 3.8) is 0 Å². The predicted octanol–water partition coefficient (Wildman–Crippen LogP) is 2.83. The zero-order chi connectivity index (χ0) is 13.5. The number of aromatic nitrogens is 2. The molecule has 104 valence electrons. The first kappa shape index (κ1) is 11.9. The second kappa shape index (κ2) is 4.62. The van der Waals surface area contributed by atoms with Gasteiger partial charge in [-0.1, -0.05) is 6.07 Å². The molecule has 4 nitrogen and oxygen atoms in total. The third-order valence-corrected chi connectivity index (χ3v) is 4.33. The van der Waals surface area contributed by atoms with E-state index in [2.05, 4.69) is 15.1 Å². The van der Waals surface area contributed by atoms with E-state index in [0.717, 1.165) is 41.4 Å². The highest BCUT2D eigenvalue weighted by molar-refractivity contribution is 5.97. The molecule has 0 radical (unpaired) electrons. The van der Waals surface area contributed by atoms with Crippen molar-refractivity contribution in [2.75, 3.05) is 13.1 Å². The van der Waals surface area contributed by atoms with Crippen molar-refractivity contribution in [3.05, 3.63) is 30.0 Å². The van der Waals surface area contributed by atoms with Gasteiger partial charge in [-0.15, -0.1) is 0 Å². The molecular weight excluding hydrogens is 250 g/mol. The third kappa shape index (κ3) is 2.42. The Bertz CT molecular complexity index is 626. The van der Waals surface area contributed by atoms with Crippen molar-refractivity contribution in [2.24, 2.45) is 11.8 Å². The molecule has 2 saturated carbocycles. The molecule has 2 aromatic rings. The monoisotopic (exact) mass is 269 g/mol. The molecule has 0 spiro atoms. The van der Waals surface area contributed by atoms with Gasteiger partial charge < -0.3 is 4.90 Å². The fourth-order valence-electron chi connectivity index (χ4n) is 2.72. The van der Waals surface area contributed by atoms with Crippen molar-refractivity contribution in [1.82, 2.24) is 15.1 Å². The number of hydrogen-bond donors (Lipinski definition) is 1. The Kier molecular flexibility index (Phi) is 2.76. The molecule has 1 aromatic carbocycles. The van der Waals surface area contributed by atoms with Crippen LogP contribution in [-0.2, 0) is 0 Å². The number of amides is 1. The van der Waals surface area contributed by atoms with Crippen molar-refractivity contribution >= 4 is 16.8 Å². The highest BCUT2D eigenvalue weighted by Crippen LogP contribution is 2.34. The summed E-state index contributed by atoms with van der Waals surface area (Å²) in [7, 11) is 0. The normalized spacial score (nSPS) is 18.4. The van der Waals surface area contributed by atoms with Gasteiger partial charge in [-0.2, -0.15) is 5.10 Å². The molecule has 0 unspecified atom stereocenters. The van der Waals surface area contributed by atoms with Gasteiger partial charge in [0.15, 0.2) is 0 Å². The predicted molar refractivity (Wildman–Crippen MR) is 77.4 cm³/mol. The van der Waals surface area contributed by atoms with E-state index in [1.165, 1.54) is 25.7 Å². The topological polar surface area (TPSA) is 49.0 Å². The number of nitrogens with one attached hydrogen (secondary N) is 1. The molecule has 0 saturated heterocycles. The van der Waals surface area contributed by atoms with Gasteiger partial charge in [-0.3, -0.25) is 9.89 Å². The number of hydrogen-bond acceptors (Lipinski definition) is 2. The van der Waals surface area contributed by atoms with Crippen LogP contribution >= 0.6 is 0 Å². The summed E-state index contributed by atoms with van der Waals surface area (Å²) in [6, 6.07) is 5.82. The van der Waals surface area contributed by atoms with E-state index in [9.17, 15) is 4.79 Å². The second-order valence-electron chi connectivity index (χ2n) is 6.27. The zero-order valence-corrected chi connectivity index (χ0v) is 11.5. The first-order valence-electron chi connectivity index (χ1n) is 7.52. The smallest absolute Gasteiger partial charge is 0.253 e. The lowest BCUT2D eigenvalue weighted by Crippen LogP contribution is -2.34. The summed E-state index contributed by atoms with van der Waals surface area (Å²) in [4.78, 5) is 14.8. The molecule has 1 amide bonds. The van der Waals surface area contributed by atoms with Crippen molar-refractivity contribution < 1.29 is 4.79 Å². The molecule has 1 N–H and O–H groups in total. The first-order chi connectivity index (χ1) is 9.79. The summed E-state index contributed by atoms with van der Waals surface area (Å²) in [5.74, 6) is 1.67.